The first-order chi connectivity index (χ1) is 10.2. The van der Waals surface area contributed by atoms with Crippen molar-refractivity contribution in [3.8, 4) is 6.07 Å². The molecule has 1 heterocycles. The summed E-state index contributed by atoms with van der Waals surface area (Å²) in [5, 5.41) is 12.0. The lowest BCUT2D eigenvalue weighted by Gasteiger charge is -2.30. The fourth-order valence-corrected chi connectivity index (χ4v) is 2.30. The van der Waals surface area contributed by atoms with Crippen LogP contribution in [0.15, 0.2) is 33.9 Å². The molecule has 114 valence electrons. The van der Waals surface area contributed by atoms with Crippen LogP contribution in [0.25, 0.3) is 0 Å². The number of cyclic esters (lactones) is 2. The van der Waals surface area contributed by atoms with Crippen LogP contribution in [0.5, 0.6) is 0 Å². The highest BCUT2D eigenvalue weighted by molar-refractivity contribution is 9.10. The van der Waals surface area contributed by atoms with Gasteiger partial charge in [0.2, 0.25) is 0 Å². The van der Waals surface area contributed by atoms with Crippen molar-refractivity contribution in [1.29, 1.82) is 5.26 Å². The zero-order chi connectivity index (χ0) is 16.5. The zero-order valence-corrected chi connectivity index (χ0v) is 13.8. The molecule has 0 bridgehead atoms. The Labute approximate surface area is 135 Å². The predicted octanol–water partition coefficient (Wildman–Crippen LogP) is 2.84. The zero-order valence-electron chi connectivity index (χ0n) is 12.2. The molecule has 22 heavy (non-hydrogen) atoms. The molecule has 1 aliphatic rings. The smallest absolute Gasteiger partial charge is 0.350 e. The lowest BCUT2D eigenvalue weighted by molar-refractivity contribution is -0.222. The third-order valence-corrected chi connectivity index (χ3v) is 3.38. The first-order valence-electron chi connectivity index (χ1n) is 6.38. The predicted molar refractivity (Wildman–Crippen MR) is 81.4 cm³/mol. The molecule has 1 fully saturated rings. The monoisotopic (exact) mass is 364 g/mol. The quantitative estimate of drug-likeness (QED) is 0.493. The summed E-state index contributed by atoms with van der Waals surface area (Å²) in [5.74, 6) is -2.81. The van der Waals surface area contributed by atoms with Crippen LogP contribution in [0.2, 0.25) is 0 Å². The van der Waals surface area contributed by atoms with E-state index in [1.165, 1.54) is 13.8 Å². The van der Waals surface area contributed by atoms with Crippen molar-refractivity contribution >= 4 is 33.6 Å². The van der Waals surface area contributed by atoms with Crippen LogP contribution in [0, 0.1) is 11.3 Å². The molecule has 1 aliphatic heterocycles. The van der Waals surface area contributed by atoms with Crippen LogP contribution >= 0.6 is 15.9 Å². The number of ether oxygens (including phenoxy) is 2. The topological polar surface area (TPSA) is 88.4 Å². The first kappa shape index (κ1) is 16.0. The molecule has 1 aromatic rings. The summed E-state index contributed by atoms with van der Waals surface area (Å²) >= 11 is 3.27. The highest BCUT2D eigenvalue weighted by Crippen LogP contribution is 2.27. The van der Waals surface area contributed by atoms with E-state index in [0.29, 0.717) is 11.3 Å². The van der Waals surface area contributed by atoms with Crippen molar-refractivity contribution in [1.82, 2.24) is 0 Å². The normalized spacial score (nSPS) is 16.4. The van der Waals surface area contributed by atoms with Crippen molar-refractivity contribution in [2.45, 2.75) is 26.6 Å². The second kappa shape index (κ2) is 5.81. The fourth-order valence-electron chi connectivity index (χ4n) is 1.94. The molecular formula is C15H13BrN2O4. The van der Waals surface area contributed by atoms with E-state index in [9.17, 15) is 9.59 Å². The Morgan fingerprint density at radius 1 is 1.27 bits per heavy atom. The third-order valence-electron chi connectivity index (χ3n) is 2.88. The summed E-state index contributed by atoms with van der Waals surface area (Å²) in [5.41, 5.74) is 0.879. The van der Waals surface area contributed by atoms with Gasteiger partial charge in [0.25, 0.3) is 5.79 Å². The number of hydrogen-bond donors (Lipinski definition) is 1. The molecule has 1 saturated heterocycles. The van der Waals surface area contributed by atoms with E-state index in [0.717, 1.165) is 4.47 Å². The highest BCUT2D eigenvalue weighted by Gasteiger charge is 2.40. The lowest BCUT2D eigenvalue weighted by Crippen LogP contribution is -2.42. The van der Waals surface area contributed by atoms with Gasteiger partial charge in [0.1, 0.15) is 6.07 Å². The van der Waals surface area contributed by atoms with E-state index in [1.807, 2.05) is 6.07 Å². The maximum absolute atomic E-state index is 12.0. The van der Waals surface area contributed by atoms with Gasteiger partial charge in [-0.3, -0.25) is 0 Å². The number of carbonyl (C=O) groups excluding carboxylic acids is 2. The second-order valence-electron chi connectivity index (χ2n) is 5.11. The maximum Gasteiger partial charge on any atom is 0.350 e. The number of nitriles is 1. The molecule has 0 saturated carbocycles. The number of anilines is 1. The summed E-state index contributed by atoms with van der Waals surface area (Å²) in [6.45, 7) is 4.50. The van der Waals surface area contributed by atoms with Crippen LogP contribution < -0.4 is 5.32 Å². The molecule has 0 amide bonds. The van der Waals surface area contributed by atoms with Crippen molar-refractivity contribution < 1.29 is 19.1 Å². The molecule has 1 N–H and O–H groups in total. The molecule has 1 aromatic carbocycles. The van der Waals surface area contributed by atoms with Crippen molar-refractivity contribution in [3.05, 3.63) is 39.5 Å². The Kier molecular flexibility index (Phi) is 4.24. The van der Waals surface area contributed by atoms with E-state index in [4.69, 9.17) is 14.7 Å². The number of halogens is 1. The van der Waals surface area contributed by atoms with Crippen LogP contribution in [0.4, 0.5) is 5.69 Å². The molecule has 0 radical (unpaired) electrons. The molecule has 0 unspecified atom stereocenters. The molecule has 6 nitrogen and oxygen atoms in total. The minimum Gasteiger partial charge on any atom is -0.419 e. The first-order valence-corrected chi connectivity index (χ1v) is 7.17. The average molecular weight is 365 g/mol. The van der Waals surface area contributed by atoms with Gasteiger partial charge >= 0.3 is 11.9 Å². The van der Waals surface area contributed by atoms with E-state index >= 15 is 0 Å². The SMILES string of the molecule is CC(Nc1ccc(Br)cc1C#N)=C1C(=O)OC(C)(C)OC1=O. The summed E-state index contributed by atoms with van der Waals surface area (Å²) in [6, 6.07) is 7.06. The summed E-state index contributed by atoms with van der Waals surface area (Å²) in [7, 11) is 0. The minimum absolute atomic E-state index is 0.217. The van der Waals surface area contributed by atoms with E-state index in [1.54, 1.807) is 25.1 Å². The number of hydrogen-bond acceptors (Lipinski definition) is 6. The molecule has 2 rings (SSSR count). The maximum atomic E-state index is 12.0. The molecular weight excluding hydrogens is 352 g/mol. The van der Waals surface area contributed by atoms with Crippen LogP contribution in [0.3, 0.4) is 0 Å². The van der Waals surface area contributed by atoms with E-state index in [-0.39, 0.29) is 11.3 Å². The van der Waals surface area contributed by atoms with Gasteiger partial charge in [0.05, 0.1) is 11.3 Å². The van der Waals surface area contributed by atoms with Gasteiger partial charge in [-0.05, 0) is 25.1 Å². The molecule has 0 spiro atoms. The average Bonchev–Trinajstić information content (AvgIpc) is 2.38. The van der Waals surface area contributed by atoms with Crippen LogP contribution in [0.1, 0.15) is 26.3 Å². The number of esters is 2. The second-order valence-corrected chi connectivity index (χ2v) is 6.02. The summed E-state index contributed by atoms with van der Waals surface area (Å²) < 4.78 is 10.8. The van der Waals surface area contributed by atoms with Crippen molar-refractivity contribution in [2.75, 3.05) is 5.32 Å². The van der Waals surface area contributed by atoms with E-state index < -0.39 is 17.7 Å². The highest BCUT2D eigenvalue weighted by atomic mass is 79.9. The van der Waals surface area contributed by atoms with Crippen molar-refractivity contribution in [3.63, 3.8) is 0 Å². The number of nitrogens with one attached hydrogen (secondary N) is 1. The third kappa shape index (κ3) is 3.28. The Morgan fingerprint density at radius 3 is 2.41 bits per heavy atom. The van der Waals surface area contributed by atoms with Gasteiger partial charge in [0.15, 0.2) is 5.57 Å². The number of benzene rings is 1. The minimum atomic E-state index is -1.28. The molecule has 0 aliphatic carbocycles. The Morgan fingerprint density at radius 2 is 1.86 bits per heavy atom. The fraction of sp³-hybridized carbons (Fsp3) is 0.267. The number of allylic oxidation sites excluding steroid dienone is 1. The summed E-state index contributed by atoms with van der Waals surface area (Å²) in [6.07, 6.45) is 0. The van der Waals surface area contributed by atoms with E-state index in [2.05, 4.69) is 21.2 Å². The Balaban J connectivity index is 2.36. The molecule has 0 atom stereocenters. The van der Waals surface area contributed by atoms with Gasteiger partial charge in [-0.25, -0.2) is 9.59 Å². The Bertz CT molecular complexity index is 710. The van der Waals surface area contributed by atoms with Gasteiger partial charge in [0, 0.05) is 24.0 Å². The standard InChI is InChI=1S/C15H13BrN2O4/c1-8(12-13(19)21-15(2,3)22-14(12)20)18-11-5-4-10(16)6-9(11)7-17/h4-6,18H,1-3H3. The Hall–Kier alpha value is -2.33. The van der Waals surface area contributed by atoms with Crippen LogP contribution in [-0.2, 0) is 19.1 Å². The lowest BCUT2D eigenvalue weighted by atomic mass is 10.1. The van der Waals surface area contributed by atoms with Crippen molar-refractivity contribution in [2.24, 2.45) is 0 Å². The number of nitrogens with zero attached hydrogens (tertiary/aromatic N) is 1. The molecule has 7 heteroatoms. The summed E-state index contributed by atoms with van der Waals surface area (Å²) in [4.78, 5) is 23.9. The molecule has 0 aromatic heterocycles. The number of carbonyl (C=O) groups is 2. The van der Waals surface area contributed by atoms with Gasteiger partial charge in [-0.1, -0.05) is 15.9 Å². The van der Waals surface area contributed by atoms with Gasteiger partial charge < -0.3 is 14.8 Å². The van der Waals surface area contributed by atoms with Gasteiger partial charge in [-0.15, -0.1) is 0 Å². The number of rotatable bonds is 2. The van der Waals surface area contributed by atoms with Gasteiger partial charge in [-0.2, -0.15) is 5.26 Å². The largest absolute Gasteiger partial charge is 0.419 e. The van der Waals surface area contributed by atoms with Crippen LogP contribution in [-0.4, -0.2) is 17.7 Å².